The fourth-order valence-electron chi connectivity index (χ4n) is 2.28. The normalized spacial score (nSPS) is 10.8. The number of anilines is 1. The van der Waals surface area contributed by atoms with Gasteiger partial charge < -0.3 is 15.5 Å². The first-order chi connectivity index (χ1) is 11.1. The Morgan fingerprint density at radius 2 is 2.00 bits per heavy atom. The average Bonchev–Trinajstić information content (AvgIpc) is 2.54. The van der Waals surface area contributed by atoms with Crippen molar-refractivity contribution in [2.75, 3.05) is 26.0 Å². The number of hydrogen-bond acceptors (Lipinski definition) is 2. The lowest BCUT2D eigenvalue weighted by Crippen LogP contribution is -2.38. The molecule has 136 valence electrons. The molecule has 0 radical (unpaired) electrons. The van der Waals surface area contributed by atoms with Crippen LogP contribution in [0.25, 0.3) is 0 Å². The van der Waals surface area contributed by atoms with Gasteiger partial charge in [0.2, 0.25) is 5.91 Å². The maximum Gasteiger partial charge on any atom is 0.224 e. The summed E-state index contributed by atoms with van der Waals surface area (Å²) in [4.78, 5) is 18.1. The number of nitrogens with zero attached hydrogens (tertiary/aromatic N) is 2. The van der Waals surface area contributed by atoms with Crippen molar-refractivity contribution in [3.63, 3.8) is 0 Å². The fourth-order valence-corrected chi connectivity index (χ4v) is 2.28. The highest BCUT2D eigenvalue weighted by molar-refractivity contribution is 14.0. The Kier molecular flexibility index (Phi) is 12.3. The van der Waals surface area contributed by atoms with Crippen LogP contribution in [0, 0.1) is 0 Å². The van der Waals surface area contributed by atoms with Gasteiger partial charge >= 0.3 is 0 Å². The van der Waals surface area contributed by atoms with Crippen molar-refractivity contribution in [1.82, 2.24) is 10.2 Å². The third-order valence-corrected chi connectivity index (χ3v) is 3.56. The number of carbonyl (C=O) groups excluding carboxylic acids is 1. The van der Waals surface area contributed by atoms with Crippen LogP contribution in [-0.4, -0.2) is 37.4 Å². The van der Waals surface area contributed by atoms with Crippen LogP contribution in [0.5, 0.6) is 0 Å². The zero-order valence-electron chi connectivity index (χ0n) is 15.3. The van der Waals surface area contributed by atoms with Crippen LogP contribution >= 0.6 is 24.0 Å². The molecule has 0 bridgehead atoms. The predicted molar refractivity (Wildman–Crippen MR) is 113 cm³/mol. The Balaban J connectivity index is 0.00000529. The molecule has 0 aliphatic carbocycles. The van der Waals surface area contributed by atoms with Gasteiger partial charge in [-0.1, -0.05) is 32.4 Å². The van der Waals surface area contributed by atoms with E-state index in [2.05, 4.69) is 27.4 Å². The maximum atomic E-state index is 11.7. The monoisotopic (exact) mass is 446 g/mol. The summed E-state index contributed by atoms with van der Waals surface area (Å²) in [5.74, 6) is 0.951. The Hall–Kier alpha value is -1.31. The topological polar surface area (TPSA) is 56.7 Å². The van der Waals surface area contributed by atoms with Gasteiger partial charge in [-0.25, -0.2) is 0 Å². The molecule has 2 N–H and O–H groups in total. The molecule has 0 atom stereocenters. The van der Waals surface area contributed by atoms with Gasteiger partial charge in [0.05, 0.1) is 0 Å². The largest absolute Gasteiger partial charge is 0.352 e. The average molecular weight is 446 g/mol. The minimum atomic E-state index is 0. The summed E-state index contributed by atoms with van der Waals surface area (Å²) in [6.45, 7) is 5.85. The number of benzene rings is 1. The highest BCUT2D eigenvalue weighted by Gasteiger charge is 2.06. The molecule has 0 aliphatic heterocycles. The Bertz CT molecular complexity index is 519. The lowest BCUT2D eigenvalue weighted by Gasteiger charge is -2.22. The number of rotatable bonds is 8. The number of amides is 1. The van der Waals surface area contributed by atoms with E-state index >= 15 is 0 Å². The van der Waals surface area contributed by atoms with Gasteiger partial charge in [0.1, 0.15) is 0 Å². The molecule has 0 fully saturated rings. The van der Waals surface area contributed by atoms with Gasteiger partial charge in [0.15, 0.2) is 5.96 Å². The molecule has 0 spiro atoms. The minimum absolute atomic E-state index is 0. The number of halogens is 1. The lowest BCUT2D eigenvalue weighted by molar-refractivity contribution is -0.116. The van der Waals surface area contributed by atoms with E-state index in [-0.39, 0.29) is 29.9 Å². The molecular formula is C18H31IN4O. The van der Waals surface area contributed by atoms with E-state index in [1.54, 1.807) is 7.05 Å². The molecule has 0 saturated carbocycles. The molecule has 1 rings (SSSR count). The van der Waals surface area contributed by atoms with Crippen molar-refractivity contribution in [2.45, 2.75) is 46.1 Å². The van der Waals surface area contributed by atoms with Crippen LogP contribution in [0.1, 0.15) is 45.1 Å². The van der Waals surface area contributed by atoms with Gasteiger partial charge in [-0.2, -0.15) is 0 Å². The highest BCUT2D eigenvalue weighted by Crippen LogP contribution is 2.11. The smallest absolute Gasteiger partial charge is 0.224 e. The first kappa shape index (κ1) is 22.7. The third kappa shape index (κ3) is 8.52. The summed E-state index contributed by atoms with van der Waals surface area (Å²) in [7, 11) is 3.85. The number of guanidine groups is 1. The van der Waals surface area contributed by atoms with E-state index in [0.717, 1.165) is 36.6 Å². The molecule has 0 saturated heterocycles. The zero-order chi connectivity index (χ0) is 17.1. The highest BCUT2D eigenvalue weighted by atomic mass is 127. The third-order valence-electron chi connectivity index (χ3n) is 3.56. The Morgan fingerprint density at radius 3 is 2.62 bits per heavy atom. The van der Waals surface area contributed by atoms with Crippen LogP contribution in [0.2, 0.25) is 0 Å². The first-order valence-electron chi connectivity index (χ1n) is 8.41. The number of carbonyl (C=O) groups is 1. The van der Waals surface area contributed by atoms with E-state index in [1.807, 2.05) is 38.2 Å². The Morgan fingerprint density at radius 1 is 1.25 bits per heavy atom. The van der Waals surface area contributed by atoms with E-state index < -0.39 is 0 Å². The van der Waals surface area contributed by atoms with E-state index in [0.29, 0.717) is 13.0 Å². The van der Waals surface area contributed by atoms with Crippen molar-refractivity contribution in [1.29, 1.82) is 0 Å². The zero-order valence-corrected chi connectivity index (χ0v) is 17.6. The summed E-state index contributed by atoms with van der Waals surface area (Å²) in [5, 5.41) is 6.29. The number of nitrogens with one attached hydrogen (secondary N) is 2. The predicted octanol–water partition coefficient (Wildman–Crippen LogP) is 3.85. The molecule has 0 unspecified atom stereocenters. The molecule has 1 aromatic carbocycles. The summed E-state index contributed by atoms with van der Waals surface area (Å²) >= 11 is 0. The molecule has 0 aromatic heterocycles. The number of unbranched alkanes of at least 4 members (excludes halogenated alkanes) is 1. The van der Waals surface area contributed by atoms with Gasteiger partial charge in [-0.05, 0) is 30.5 Å². The van der Waals surface area contributed by atoms with Crippen molar-refractivity contribution in [3.8, 4) is 0 Å². The van der Waals surface area contributed by atoms with Crippen molar-refractivity contribution in [2.24, 2.45) is 4.99 Å². The molecule has 0 heterocycles. The van der Waals surface area contributed by atoms with Crippen LogP contribution in [0.15, 0.2) is 29.3 Å². The molecule has 0 aliphatic rings. The number of aliphatic imine (C=N–C) groups is 1. The summed E-state index contributed by atoms with van der Waals surface area (Å²) in [5.41, 5.74) is 1.96. The summed E-state index contributed by atoms with van der Waals surface area (Å²) < 4.78 is 0. The molecule has 5 nitrogen and oxygen atoms in total. The minimum Gasteiger partial charge on any atom is -0.352 e. The second-order valence-electron chi connectivity index (χ2n) is 5.67. The summed E-state index contributed by atoms with van der Waals surface area (Å²) in [6, 6.07) is 7.92. The quantitative estimate of drug-likeness (QED) is 0.363. The fraction of sp³-hybridized carbons (Fsp3) is 0.556. The molecule has 24 heavy (non-hydrogen) atoms. The van der Waals surface area contributed by atoms with Crippen LogP contribution in [-0.2, 0) is 11.3 Å². The summed E-state index contributed by atoms with van der Waals surface area (Å²) in [6.07, 6.45) is 3.72. The standard InChI is InChI=1S/C18H30N4O.HI/c1-5-7-12-22(4)18(19-3)20-14-15-10-8-11-16(13-15)21-17(23)9-6-2;/h8,10-11,13H,5-7,9,12,14H2,1-4H3,(H,19,20)(H,21,23);1H. The SMILES string of the molecule is CCCCN(C)C(=NC)NCc1cccc(NC(=O)CCC)c1.I. The van der Waals surface area contributed by atoms with Gasteiger partial charge in [-0.15, -0.1) is 24.0 Å². The van der Waals surface area contributed by atoms with Crippen molar-refractivity contribution >= 4 is 41.5 Å². The molecule has 6 heteroatoms. The molecule has 1 amide bonds. The van der Waals surface area contributed by atoms with Crippen LogP contribution < -0.4 is 10.6 Å². The van der Waals surface area contributed by atoms with E-state index in [1.165, 1.54) is 6.42 Å². The second-order valence-corrected chi connectivity index (χ2v) is 5.67. The van der Waals surface area contributed by atoms with Gasteiger partial charge in [0.25, 0.3) is 0 Å². The first-order valence-corrected chi connectivity index (χ1v) is 8.41. The van der Waals surface area contributed by atoms with E-state index in [9.17, 15) is 4.79 Å². The lowest BCUT2D eigenvalue weighted by atomic mass is 10.2. The number of hydrogen-bond donors (Lipinski definition) is 2. The van der Waals surface area contributed by atoms with Gasteiger partial charge in [-0.3, -0.25) is 9.79 Å². The van der Waals surface area contributed by atoms with Crippen molar-refractivity contribution in [3.05, 3.63) is 29.8 Å². The van der Waals surface area contributed by atoms with Crippen LogP contribution in [0.3, 0.4) is 0 Å². The second kappa shape index (κ2) is 13.0. The molecular weight excluding hydrogens is 415 g/mol. The van der Waals surface area contributed by atoms with Crippen molar-refractivity contribution < 1.29 is 4.79 Å². The Labute approximate surface area is 163 Å². The van der Waals surface area contributed by atoms with Gasteiger partial charge in [0, 0.05) is 39.3 Å². The van der Waals surface area contributed by atoms with E-state index in [4.69, 9.17) is 0 Å². The van der Waals surface area contributed by atoms with Crippen LogP contribution in [0.4, 0.5) is 5.69 Å². The maximum absolute atomic E-state index is 11.7. The molecule has 1 aromatic rings.